The number of hydrogen-bond acceptors (Lipinski definition) is 4. The molecule has 0 bridgehead atoms. The molecule has 1 aromatic heterocycles. The molecule has 2 rings (SSSR count). The van der Waals surface area contributed by atoms with Crippen LogP contribution in [0.3, 0.4) is 0 Å². The second kappa shape index (κ2) is 10.6. The number of pyridine rings is 1. The Morgan fingerprint density at radius 3 is 2.76 bits per heavy atom. The lowest BCUT2D eigenvalue weighted by Crippen LogP contribution is -2.29. The number of aromatic nitrogens is 1. The van der Waals surface area contributed by atoms with E-state index >= 15 is 0 Å². The van der Waals surface area contributed by atoms with Crippen molar-refractivity contribution < 1.29 is 9.90 Å². The van der Waals surface area contributed by atoms with E-state index in [0.29, 0.717) is 36.2 Å². The largest absolute Gasteiger partial charge is 0.396 e. The van der Waals surface area contributed by atoms with Gasteiger partial charge < -0.3 is 20.3 Å². The Morgan fingerprint density at radius 1 is 1.34 bits per heavy atom. The summed E-state index contributed by atoms with van der Waals surface area (Å²) in [6, 6.07) is 8.00. The summed E-state index contributed by atoms with van der Waals surface area (Å²) in [6.07, 6.45) is 5.04. The highest BCUT2D eigenvalue weighted by Crippen LogP contribution is 2.17. The predicted octanol–water partition coefficient (Wildman–Crippen LogP) is 3.44. The molecule has 6 heteroatoms. The van der Waals surface area contributed by atoms with Crippen molar-refractivity contribution >= 4 is 17.3 Å². The highest BCUT2D eigenvalue weighted by atomic mass is 16.3. The number of amides is 1. The van der Waals surface area contributed by atoms with Gasteiger partial charge in [-0.25, -0.2) is 0 Å². The third-order valence-electron chi connectivity index (χ3n) is 5.09. The quantitative estimate of drug-likeness (QED) is 0.490. The van der Waals surface area contributed by atoms with Crippen LogP contribution in [0.5, 0.6) is 0 Å². The van der Waals surface area contributed by atoms with Gasteiger partial charge in [-0.05, 0) is 56.4 Å². The zero-order chi connectivity index (χ0) is 21.4. The fourth-order valence-electron chi connectivity index (χ4n) is 3.18. The number of rotatable bonds is 9. The van der Waals surface area contributed by atoms with Crippen LogP contribution in [0.2, 0.25) is 0 Å². The van der Waals surface area contributed by atoms with Gasteiger partial charge in [-0.2, -0.15) is 0 Å². The van der Waals surface area contributed by atoms with Gasteiger partial charge in [-0.15, -0.1) is 0 Å². The molecule has 1 aromatic carbocycles. The third-order valence-corrected chi connectivity index (χ3v) is 5.09. The van der Waals surface area contributed by atoms with Crippen LogP contribution < -0.4 is 16.1 Å². The Kier molecular flexibility index (Phi) is 8.21. The molecule has 0 fully saturated rings. The van der Waals surface area contributed by atoms with Crippen molar-refractivity contribution in [1.29, 1.82) is 5.41 Å². The summed E-state index contributed by atoms with van der Waals surface area (Å²) >= 11 is 0. The van der Waals surface area contributed by atoms with E-state index in [9.17, 15) is 4.79 Å². The van der Waals surface area contributed by atoms with E-state index in [2.05, 4.69) is 42.7 Å². The summed E-state index contributed by atoms with van der Waals surface area (Å²) in [5.74, 6) is -0.218. The molecule has 4 N–H and O–H groups in total. The van der Waals surface area contributed by atoms with E-state index in [0.717, 1.165) is 12.1 Å². The van der Waals surface area contributed by atoms with E-state index in [-0.39, 0.29) is 12.5 Å². The van der Waals surface area contributed by atoms with Gasteiger partial charge in [-0.1, -0.05) is 31.2 Å². The van der Waals surface area contributed by atoms with Gasteiger partial charge in [0.25, 0.3) is 5.91 Å². The number of aliphatic hydroxyl groups excluding tert-OH is 1. The van der Waals surface area contributed by atoms with E-state index < -0.39 is 0 Å². The molecule has 156 valence electrons. The molecular weight excluding hydrogens is 364 g/mol. The summed E-state index contributed by atoms with van der Waals surface area (Å²) in [5, 5.41) is 23.7. The zero-order valence-corrected chi connectivity index (χ0v) is 17.8. The van der Waals surface area contributed by atoms with E-state index in [4.69, 9.17) is 10.5 Å². The maximum atomic E-state index is 12.6. The molecule has 1 heterocycles. The Bertz CT molecular complexity index is 944. The number of aliphatic hydroxyl groups is 1. The minimum atomic E-state index is -0.218. The Balaban J connectivity index is 2.39. The number of carbonyl (C=O) groups excluding carboxylic acids is 1. The van der Waals surface area contributed by atoms with Crippen molar-refractivity contribution in [1.82, 2.24) is 9.88 Å². The summed E-state index contributed by atoms with van der Waals surface area (Å²) in [5.41, 5.74) is 5.96. The molecule has 0 spiro atoms. The second-order valence-electron chi connectivity index (χ2n) is 7.04. The molecule has 0 aliphatic rings. The fourth-order valence-corrected chi connectivity index (χ4v) is 3.18. The van der Waals surface area contributed by atoms with Crippen LogP contribution in [0.25, 0.3) is 5.70 Å². The van der Waals surface area contributed by atoms with Crippen molar-refractivity contribution in [2.45, 2.75) is 47.1 Å². The molecule has 0 saturated carbocycles. The number of nitrogens with zero attached hydrogens (tertiary/aromatic N) is 1. The molecule has 0 radical (unpaired) electrons. The molecule has 0 aliphatic heterocycles. The molecule has 6 nitrogen and oxygen atoms in total. The molecule has 1 amide bonds. The predicted molar refractivity (Wildman–Crippen MR) is 118 cm³/mol. The minimum Gasteiger partial charge on any atom is -0.396 e. The molecule has 2 aromatic rings. The first kappa shape index (κ1) is 22.4. The topological polar surface area (TPSA) is 90.1 Å². The van der Waals surface area contributed by atoms with Crippen molar-refractivity contribution in [3.8, 4) is 0 Å². The molecule has 0 atom stereocenters. The standard InChI is InChI=1S/C23H32N4O2/c1-5-17(4)27-15-19(23(29)25-11-8-12-28)13-21(22(27)24)26-14-20-16(3)9-7-10-18(20)6-2/h5,7,9-10,13,15,24,26,28H,6,8,11-12,14H2,1-4H3,(H,25,29)/b17-5+,24-22?. The summed E-state index contributed by atoms with van der Waals surface area (Å²) < 4.78 is 1.71. The molecule has 0 unspecified atom stereocenters. The molecule has 0 aliphatic carbocycles. The number of anilines is 1. The van der Waals surface area contributed by atoms with Crippen LogP contribution in [0, 0.1) is 12.3 Å². The smallest absolute Gasteiger partial charge is 0.252 e. The van der Waals surface area contributed by atoms with Crippen LogP contribution in [-0.4, -0.2) is 28.7 Å². The highest BCUT2D eigenvalue weighted by molar-refractivity contribution is 5.94. The zero-order valence-electron chi connectivity index (χ0n) is 17.8. The van der Waals surface area contributed by atoms with Gasteiger partial charge in [0.05, 0.1) is 11.3 Å². The number of carbonyl (C=O) groups is 1. The first-order valence-electron chi connectivity index (χ1n) is 10.1. The van der Waals surface area contributed by atoms with Crippen molar-refractivity contribution in [2.75, 3.05) is 18.5 Å². The van der Waals surface area contributed by atoms with E-state index in [1.807, 2.05) is 19.9 Å². The summed E-state index contributed by atoms with van der Waals surface area (Å²) in [6.45, 7) is 9.07. The normalized spacial score (nSPS) is 11.4. The van der Waals surface area contributed by atoms with Gasteiger partial charge in [0.15, 0.2) is 5.49 Å². The minimum absolute atomic E-state index is 0.0343. The van der Waals surface area contributed by atoms with Crippen molar-refractivity contribution in [3.63, 3.8) is 0 Å². The van der Waals surface area contributed by atoms with Gasteiger partial charge in [-0.3, -0.25) is 10.2 Å². The summed E-state index contributed by atoms with van der Waals surface area (Å²) in [7, 11) is 0. The van der Waals surface area contributed by atoms with E-state index in [1.54, 1.807) is 16.8 Å². The van der Waals surface area contributed by atoms with Crippen LogP contribution in [0.4, 0.5) is 5.69 Å². The third kappa shape index (κ3) is 5.57. The Labute approximate surface area is 172 Å². The maximum absolute atomic E-state index is 12.6. The lowest BCUT2D eigenvalue weighted by atomic mass is 10.00. The monoisotopic (exact) mass is 396 g/mol. The van der Waals surface area contributed by atoms with Crippen LogP contribution in [-0.2, 0) is 13.0 Å². The lowest BCUT2D eigenvalue weighted by Gasteiger charge is -2.17. The van der Waals surface area contributed by atoms with Crippen LogP contribution >= 0.6 is 0 Å². The molecule has 0 saturated heterocycles. The number of benzene rings is 1. The van der Waals surface area contributed by atoms with E-state index in [1.165, 1.54) is 16.7 Å². The number of aryl methyl sites for hydroxylation is 2. The first-order valence-corrected chi connectivity index (χ1v) is 10.1. The van der Waals surface area contributed by atoms with Gasteiger partial charge in [0.1, 0.15) is 0 Å². The Hall–Kier alpha value is -2.86. The van der Waals surface area contributed by atoms with Gasteiger partial charge >= 0.3 is 0 Å². The van der Waals surface area contributed by atoms with Crippen LogP contribution in [0.15, 0.2) is 36.5 Å². The summed E-state index contributed by atoms with van der Waals surface area (Å²) in [4.78, 5) is 12.6. The number of hydrogen-bond donors (Lipinski definition) is 4. The first-order chi connectivity index (χ1) is 13.9. The molecular formula is C23H32N4O2. The highest BCUT2D eigenvalue weighted by Gasteiger charge is 2.12. The van der Waals surface area contributed by atoms with Crippen molar-refractivity contribution in [3.05, 3.63) is 64.3 Å². The number of nitrogens with one attached hydrogen (secondary N) is 3. The average molecular weight is 397 g/mol. The van der Waals surface area contributed by atoms with Crippen molar-refractivity contribution in [2.24, 2.45) is 0 Å². The fraction of sp³-hybridized carbons (Fsp3) is 0.391. The van der Waals surface area contributed by atoms with Gasteiger partial charge in [0.2, 0.25) is 0 Å². The SMILES string of the molecule is C/C=C(\C)n1cc(C(=O)NCCCO)cc(NCc2c(C)cccc2CC)c1=N. The second-order valence-corrected chi connectivity index (χ2v) is 7.04. The lowest BCUT2D eigenvalue weighted by molar-refractivity contribution is 0.0950. The average Bonchev–Trinajstić information content (AvgIpc) is 2.73. The van der Waals surface area contributed by atoms with Gasteiger partial charge in [0, 0.05) is 31.6 Å². The number of allylic oxidation sites excluding steroid dienone is 2. The Morgan fingerprint density at radius 2 is 2.10 bits per heavy atom. The molecule has 29 heavy (non-hydrogen) atoms. The van der Waals surface area contributed by atoms with Crippen LogP contribution in [0.1, 0.15) is 54.2 Å². The maximum Gasteiger partial charge on any atom is 0.252 e.